The predicted molar refractivity (Wildman–Crippen MR) is 87.2 cm³/mol. The van der Waals surface area contributed by atoms with Gasteiger partial charge >= 0.3 is 6.01 Å². The maximum absolute atomic E-state index is 5.79. The maximum atomic E-state index is 5.79. The van der Waals surface area contributed by atoms with Gasteiger partial charge in [-0.1, -0.05) is 23.3 Å². The molecule has 0 bridgehead atoms. The van der Waals surface area contributed by atoms with Gasteiger partial charge in [-0.25, -0.2) is 0 Å². The second-order valence-corrected chi connectivity index (χ2v) is 5.85. The second kappa shape index (κ2) is 5.96. The predicted octanol–water partition coefficient (Wildman–Crippen LogP) is 3.04. The Bertz CT molecular complexity index is 824. The molecule has 3 heterocycles. The number of ether oxygens (including phenoxy) is 1. The Morgan fingerprint density at radius 1 is 1.26 bits per heavy atom. The highest BCUT2D eigenvalue weighted by atomic mass is 16.5. The van der Waals surface area contributed by atoms with E-state index in [1.807, 2.05) is 37.3 Å². The first-order chi connectivity index (χ1) is 11.3. The van der Waals surface area contributed by atoms with E-state index < -0.39 is 0 Å². The number of pyridine rings is 1. The summed E-state index contributed by atoms with van der Waals surface area (Å²) >= 11 is 0. The van der Waals surface area contributed by atoms with Crippen LogP contribution in [0.1, 0.15) is 12.1 Å². The fourth-order valence-corrected chi connectivity index (χ4v) is 2.86. The van der Waals surface area contributed by atoms with Gasteiger partial charge in [0.25, 0.3) is 5.89 Å². The molecule has 2 aromatic heterocycles. The molecule has 0 amide bonds. The average molecular weight is 310 g/mol. The maximum Gasteiger partial charge on any atom is 0.315 e. The van der Waals surface area contributed by atoms with Gasteiger partial charge in [-0.3, -0.25) is 4.98 Å². The van der Waals surface area contributed by atoms with Crippen molar-refractivity contribution in [3.8, 4) is 11.5 Å². The lowest BCUT2D eigenvalue weighted by Crippen LogP contribution is -2.14. The molecule has 1 aliphatic heterocycles. The summed E-state index contributed by atoms with van der Waals surface area (Å²) in [5.74, 6) is 1.02. The highest BCUT2D eigenvalue weighted by Gasteiger charge is 2.17. The summed E-state index contributed by atoms with van der Waals surface area (Å²) < 4.78 is 11.2. The lowest BCUT2D eigenvalue weighted by atomic mass is 10.1. The molecule has 1 fully saturated rings. The lowest BCUT2D eigenvalue weighted by Gasteiger charge is -2.06. The Hall–Kier alpha value is -2.47. The summed E-state index contributed by atoms with van der Waals surface area (Å²) in [6.45, 7) is 4.38. The number of hydrogen-bond donors (Lipinski definition) is 1. The fraction of sp³-hybridized carbons (Fsp3) is 0.353. The molecule has 0 saturated carbocycles. The van der Waals surface area contributed by atoms with Crippen molar-refractivity contribution in [1.82, 2.24) is 15.2 Å². The third-order valence-electron chi connectivity index (χ3n) is 4.07. The molecule has 23 heavy (non-hydrogen) atoms. The van der Waals surface area contributed by atoms with Crippen LogP contribution in [0.4, 0.5) is 6.01 Å². The van der Waals surface area contributed by atoms with Gasteiger partial charge in [-0.15, -0.1) is 5.10 Å². The summed E-state index contributed by atoms with van der Waals surface area (Å²) in [5.41, 5.74) is 2.77. The van der Waals surface area contributed by atoms with Crippen molar-refractivity contribution in [2.45, 2.75) is 13.3 Å². The Labute approximate surface area is 133 Å². The quantitative estimate of drug-likeness (QED) is 0.798. The van der Waals surface area contributed by atoms with E-state index in [2.05, 4.69) is 20.5 Å². The molecule has 4 rings (SSSR count). The molecule has 1 aliphatic rings. The van der Waals surface area contributed by atoms with Crippen LogP contribution < -0.4 is 5.32 Å². The van der Waals surface area contributed by atoms with E-state index in [-0.39, 0.29) is 0 Å². The second-order valence-electron chi connectivity index (χ2n) is 5.85. The van der Waals surface area contributed by atoms with Crippen LogP contribution in [0, 0.1) is 12.8 Å². The van der Waals surface area contributed by atoms with Crippen LogP contribution in [0.5, 0.6) is 0 Å². The van der Waals surface area contributed by atoms with Gasteiger partial charge in [0.2, 0.25) is 0 Å². The number of para-hydroxylation sites is 1. The molecule has 0 aliphatic carbocycles. The number of nitrogens with zero attached hydrogens (tertiary/aromatic N) is 3. The summed E-state index contributed by atoms with van der Waals surface area (Å²) in [7, 11) is 0. The molecular weight excluding hydrogens is 292 g/mol. The van der Waals surface area contributed by atoms with Crippen LogP contribution in [-0.4, -0.2) is 34.9 Å². The number of aromatic nitrogens is 3. The highest BCUT2D eigenvalue weighted by Crippen LogP contribution is 2.28. The van der Waals surface area contributed by atoms with Crippen molar-refractivity contribution in [1.29, 1.82) is 0 Å². The zero-order valence-electron chi connectivity index (χ0n) is 13.0. The SMILES string of the molecule is Cc1cc(-c2nnc(NCC3CCOC3)o2)c2ccccc2n1. The third kappa shape index (κ3) is 2.90. The monoisotopic (exact) mass is 310 g/mol. The van der Waals surface area contributed by atoms with E-state index in [4.69, 9.17) is 9.15 Å². The van der Waals surface area contributed by atoms with Crippen molar-refractivity contribution in [3.63, 3.8) is 0 Å². The average Bonchev–Trinajstić information content (AvgIpc) is 3.23. The Morgan fingerprint density at radius 3 is 3.04 bits per heavy atom. The minimum atomic E-state index is 0.449. The van der Waals surface area contributed by atoms with Gasteiger partial charge in [0.05, 0.1) is 17.7 Å². The molecule has 1 aromatic carbocycles. The smallest absolute Gasteiger partial charge is 0.315 e. The number of rotatable bonds is 4. The van der Waals surface area contributed by atoms with Crippen LogP contribution in [0.25, 0.3) is 22.4 Å². The number of hydrogen-bond acceptors (Lipinski definition) is 6. The summed E-state index contributed by atoms with van der Waals surface area (Å²) in [4.78, 5) is 4.54. The molecule has 1 atom stereocenters. The normalized spacial score (nSPS) is 17.7. The molecule has 6 nitrogen and oxygen atoms in total. The van der Waals surface area contributed by atoms with Gasteiger partial charge in [0.15, 0.2) is 0 Å². The minimum absolute atomic E-state index is 0.449. The first-order valence-corrected chi connectivity index (χ1v) is 7.81. The summed E-state index contributed by atoms with van der Waals surface area (Å²) in [6.07, 6.45) is 1.07. The molecular formula is C17H18N4O2. The number of fused-ring (bicyclic) bond motifs is 1. The molecule has 0 radical (unpaired) electrons. The molecule has 0 spiro atoms. The zero-order chi connectivity index (χ0) is 15.6. The van der Waals surface area contributed by atoms with Crippen LogP contribution in [-0.2, 0) is 4.74 Å². The standard InChI is InChI=1S/C17H18N4O2/c1-11-8-14(13-4-2-3-5-15(13)19-11)16-20-21-17(23-16)18-9-12-6-7-22-10-12/h2-5,8,12H,6-7,9-10H2,1H3,(H,18,21). The Kier molecular flexibility index (Phi) is 3.67. The summed E-state index contributed by atoms with van der Waals surface area (Å²) in [6, 6.07) is 10.4. The van der Waals surface area contributed by atoms with E-state index in [0.717, 1.165) is 48.3 Å². The summed E-state index contributed by atoms with van der Waals surface area (Å²) in [5, 5.41) is 12.5. The number of nitrogens with one attached hydrogen (secondary N) is 1. The fourth-order valence-electron chi connectivity index (χ4n) is 2.86. The van der Waals surface area contributed by atoms with Crippen LogP contribution >= 0.6 is 0 Å². The number of anilines is 1. The van der Waals surface area contributed by atoms with Gasteiger partial charge < -0.3 is 14.5 Å². The molecule has 1 saturated heterocycles. The van der Waals surface area contributed by atoms with Gasteiger partial charge in [0.1, 0.15) is 0 Å². The van der Waals surface area contributed by atoms with Crippen molar-refractivity contribution in [2.24, 2.45) is 5.92 Å². The molecule has 6 heteroatoms. The molecule has 1 N–H and O–H groups in total. The third-order valence-corrected chi connectivity index (χ3v) is 4.07. The van der Waals surface area contributed by atoms with Gasteiger partial charge in [-0.2, -0.15) is 0 Å². The minimum Gasteiger partial charge on any atom is -0.403 e. The van der Waals surface area contributed by atoms with Gasteiger partial charge in [-0.05, 0) is 25.5 Å². The topological polar surface area (TPSA) is 73.1 Å². The zero-order valence-corrected chi connectivity index (χ0v) is 13.0. The molecule has 118 valence electrons. The Balaban J connectivity index is 1.61. The van der Waals surface area contributed by atoms with Crippen LogP contribution in [0.15, 0.2) is 34.7 Å². The number of benzene rings is 1. The number of aryl methyl sites for hydroxylation is 1. The van der Waals surface area contributed by atoms with Crippen molar-refractivity contribution < 1.29 is 9.15 Å². The largest absolute Gasteiger partial charge is 0.403 e. The first-order valence-electron chi connectivity index (χ1n) is 7.81. The van der Waals surface area contributed by atoms with E-state index in [1.165, 1.54) is 0 Å². The van der Waals surface area contributed by atoms with E-state index >= 15 is 0 Å². The van der Waals surface area contributed by atoms with Crippen molar-refractivity contribution in [2.75, 3.05) is 25.1 Å². The Morgan fingerprint density at radius 2 is 2.17 bits per heavy atom. The van der Waals surface area contributed by atoms with E-state index in [0.29, 0.717) is 17.8 Å². The van der Waals surface area contributed by atoms with Crippen LogP contribution in [0.2, 0.25) is 0 Å². The van der Waals surface area contributed by atoms with Crippen molar-refractivity contribution >= 4 is 16.9 Å². The molecule has 1 unspecified atom stereocenters. The van der Waals surface area contributed by atoms with Crippen molar-refractivity contribution in [3.05, 3.63) is 36.0 Å². The highest BCUT2D eigenvalue weighted by molar-refractivity contribution is 5.92. The van der Waals surface area contributed by atoms with Gasteiger partial charge in [0, 0.05) is 30.1 Å². The molecule has 3 aromatic rings. The van der Waals surface area contributed by atoms with E-state index in [1.54, 1.807) is 0 Å². The van der Waals surface area contributed by atoms with Crippen LogP contribution in [0.3, 0.4) is 0 Å². The lowest BCUT2D eigenvalue weighted by molar-refractivity contribution is 0.187. The first kappa shape index (κ1) is 14.1. The van der Waals surface area contributed by atoms with E-state index in [9.17, 15) is 0 Å².